The molecular weight excluding hydrogens is 336 g/mol. The Morgan fingerprint density at radius 3 is 2.11 bits per heavy atom. The van der Waals surface area contributed by atoms with Crippen molar-refractivity contribution < 1.29 is 14.3 Å². The zero-order valence-electron chi connectivity index (χ0n) is 17.2. The normalized spacial score (nSPS) is 36.3. The number of hydrogen-bond donors (Lipinski definition) is 0. The van der Waals surface area contributed by atoms with Crippen LogP contribution in [0.1, 0.15) is 77.7 Å². The SMILES string of the molecule is CCC(C)c1ccc(OC(C)C(=O)OC2(C)C3CC4CC(C3)CC2C4)cc1. The van der Waals surface area contributed by atoms with Gasteiger partial charge in [-0.2, -0.15) is 0 Å². The molecule has 148 valence electrons. The van der Waals surface area contributed by atoms with Crippen molar-refractivity contribution in [3.05, 3.63) is 29.8 Å². The van der Waals surface area contributed by atoms with Gasteiger partial charge in [-0.3, -0.25) is 0 Å². The first-order valence-corrected chi connectivity index (χ1v) is 10.9. The van der Waals surface area contributed by atoms with E-state index < -0.39 is 6.10 Å². The minimum absolute atomic E-state index is 0.212. The van der Waals surface area contributed by atoms with Crippen molar-refractivity contribution in [2.45, 2.75) is 83.8 Å². The lowest BCUT2D eigenvalue weighted by molar-refractivity contribution is -0.208. The van der Waals surface area contributed by atoms with Crippen LogP contribution in [-0.2, 0) is 9.53 Å². The molecule has 0 amide bonds. The summed E-state index contributed by atoms with van der Waals surface area (Å²) < 4.78 is 12.1. The Balaban J connectivity index is 1.38. The highest BCUT2D eigenvalue weighted by Crippen LogP contribution is 2.59. The Hall–Kier alpha value is -1.51. The molecule has 27 heavy (non-hydrogen) atoms. The van der Waals surface area contributed by atoms with Crippen molar-refractivity contribution in [2.24, 2.45) is 23.7 Å². The van der Waals surface area contributed by atoms with Crippen molar-refractivity contribution in [3.63, 3.8) is 0 Å². The van der Waals surface area contributed by atoms with Gasteiger partial charge in [-0.15, -0.1) is 0 Å². The number of carbonyl (C=O) groups excluding carboxylic acids is 1. The van der Waals surface area contributed by atoms with Crippen molar-refractivity contribution in [1.29, 1.82) is 0 Å². The third-order valence-electron chi connectivity index (χ3n) is 7.79. The molecule has 2 atom stereocenters. The van der Waals surface area contributed by atoms with E-state index in [2.05, 4.69) is 32.9 Å². The van der Waals surface area contributed by atoms with Gasteiger partial charge in [0.2, 0.25) is 0 Å². The van der Waals surface area contributed by atoms with Crippen molar-refractivity contribution >= 4 is 5.97 Å². The third-order valence-corrected chi connectivity index (χ3v) is 7.79. The summed E-state index contributed by atoms with van der Waals surface area (Å²) in [4.78, 5) is 12.8. The largest absolute Gasteiger partial charge is 0.479 e. The van der Waals surface area contributed by atoms with Gasteiger partial charge in [-0.1, -0.05) is 26.0 Å². The topological polar surface area (TPSA) is 35.5 Å². The third kappa shape index (κ3) is 3.50. The molecule has 0 spiro atoms. The van der Waals surface area contributed by atoms with Crippen LogP contribution in [-0.4, -0.2) is 17.7 Å². The smallest absolute Gasteiger partial charge is 0.347 e. The van der Waals surface area contributed by atoms with Crippen LogP contribution >= 0.6 is 0 Å². The molecule has 0 heterocycles. The van der Waals surface area contributed by atoms with Gasteiger partial charge in [0.1, 0.15) is 11.4 Å². The van der Waals surface area contributed by atoms with Gasteiger partial charge < -0.3 is 9.47 Å². The lowest BCUT2D eigenvalue weighted by atomic mass is 9.50. The summed E-state index contributed by atoms with van der Waals surface area (Å²) in [6.07, 6.45) is 6.90. The molecule has 4 aliphatic rings. The molecular formula is C24H34O3. The zero-order valence-corrected chi connectivity index (χ0v) is 17.2. The Bertz CT molecular complexity index is 649. The molecule has 0 N–H and O–H groups in total. The molecule has 0 aromatic heterocycles. The lowest BCUT2D eigenvalue weighted by Gasteiger charge is -2.59. The molecule has 0 radical (unpaired) electrons. The predicted molar refractivity (Wildman–Crippen MR) is 107 cm³/mol. The molecule has 3 nitrogen and oxygen atoms in total. The van der Waals surface area contributed by atoms with Crippen molar-refractivity contribution in [3.8, 4) is 5.75 Å². The number of esters is 1. The van der Waals surface area contributed by atoms with Gasteiger partial charge in [-0.25, -0.2) is 4.79 Å². The molecule has 0 saturated heterocycles. The van der Waals surface area contributed by atoms with E-state index in [9.17, 15) is 4.79 Å². The molecule has 5 rings (SSSR count). The number of benzene rings is 1. The van der Waals surface area contributed by atoms with Gasteiger partial charge in [0.25, 0.3) is 0 Å². The first-order chi connectivity index (χ1) is 12.9. The predicted octanol–water partition coefficient (Wildman–Crippen LogP) is 5.73. The van der Waals surface area contributed by atoms with E-state index in [1.807, 2.05) is 19.1 Å². The maximum atomic E-state index is 12.8. The molecule has 2 unspecified atom stereocenters. The van der Waals surface area contributed by atoms with E-state index in [4.69, 9.17) is 9.47 Å². The maximum Gasteiger partial charge on any atom is 0.347 e. The molecule has 3 heteroatoms. The first kappa shape index (κ1) is 18.8. The zero-order chi connectivity index (χ0) is 19.2. The van der Waals surface area contributed by atoms with Crippen LogP contribution in [0.5, 0.6) is 5.75 Å². The number of ether oxygens (including phenoxy) is 2. The second-order valence-corrected chi connectivity index (χ2v) is 9.55. The van der Waals surface area contributed by atoms with Crippen molar-refractivity contribution in [1.82, 2.24) is 0 Å². The molecule has 4 saturated carbocycles. The van der Waals surface area contributed by atoms with Gasteiger partial charge >= 0.3 is 5.97 Å². The average Bonchev–Trinajstić information content (AvgIpc) is 2.65. The lowest BCUT2D eigenvalue weighted by Crippen LogP contribution is -2.58. The fraction of sp³-hybridized carbons (Fsp3) is 0.708. The number of rotatable bonds is 6. The Kier molecular flexibility index (Phi) is 4.98. The monoisotopic (exact) mass is 370 g/mol. The minimum Gasteiger partial charge on any atom is -0.479 e. The van der Waals surface area contributed by atoms with Crippen LogP contribution in [0.25, 0.3) is 0 Å². The van der Waals surface area contributed by atoms with E-state index >= 15 is 0 Å². The second kappa shape index (κ2) is 7.14. The van der Waals surface area contributed by atoms with Crippen LogP contribution in [0.2, 0.25) is 0 Å². The van der Waals surface area contributed by atoms with Gasteiger partial charge in [0.05, 0.1) is 0 Å². The number of hydrogen-bond acceptors (Lipinski definition) is 3. The highest BCUT2D eigenvalue weighted by molar-refractivity contribution is 5.75. The standard InChI is InChI=1S/C24H34O3/c1-5-15(2)19-6-8-22(9-7-19)26-16(3)23(25)27-24(4)20-11-17-10-18(13-20)14-21(24)12-17/h6-9,15-18,20-21H,5,10-14H2,1-4H3. The summed E-state index contributed by atoms with van der Waals surface area (Å²) in [5, 5.41) is 0. The van der Waals surface area contributed by atoms with E-state index in [1.54, 1.807) is 0 Å². The van der Waals surface area contributed by atoms with Gasteiger partial charge in [0, 0.05) is 0 Å². The van der Waals surface area contributed by atoms with Crippen LogP contribution in [0.3, 0.4) is 0 Å². The van der Waals surface area contributed by atoms with Gasteiger partial charge in [-0.05, 0) is 99.7 Å². The maximum absolute atomic E-state index is 12.8. The summed E-state index contributed by atoms with van der Waals surface area (Å²) in [6, 6.07) is 8.13. The Morgan fingerprint density at radius 2 is 1.59 bits per heavy atom. The van der Waals surface area contributed by atoms with E-state index in [1.165, 1.54) is 37.7 Å². The average molecular weight is 371 g/mol. The van der Waals surface area contributed by atoms with Crippen molar-refractivity contribution in [2.75, 3.05) is 0 Å². The highest BCUT2D eigenvalue weighted by Gasteiger charge is 2.57. The molecule has 4 bridgehead atoms. The van der Waals surface area contributed by atoms with Crippen LogP contribution in [0, 0.1) is 23.7 Å². The molecule has 4 fully saturated rings. The molecule has 0 aliphatic heterocycles. The second-order valence-electron chi connectivity index (χ2n) is 9.55. The van der Waals surface area contributed by atoms with Crippen LogP contribution in [0.4, 0.5) is 0 Å². The first-order valence-electron chi connectivity index (χ1n) is 10.9. The van der Waals surface area contributed by atoms with Gasteiger partial charge in [0.15, 0.2) is 6.10 Å². The number of carbonyl (C=O) groups is 1. The minimum atomic E-state index is -0.575. The summed E-state index contributed by atoms with van der Waals surface area (Å²) in [7, 11) is 0. The molecule has 4 aliphatic carbocycles. The quantitative estimate of drug-likeness (QED) is 0.600. The molecule has 1 aromatic carbocycles. The van der Waals surface area contributed by atoms with E-state index in [0.29, 0.717) is 17.8 Å². The highest BCUT2D eigenvalue weighted by atomic mass is 16.6. The van der Waals surface area contributed by atoms with E-state index in [0.717, 1.165) is 24.0 Å². The van der Waals surface area contributed by atoms with Crippen LogP contribution < -0.4 is 4.74 Å². The summed E-state index contributed by atoms with van der Waals surface area (Å²) in [6.45, 7) is 8.41. The van der Waals surface area contributed by atoms with Crippen LogP contribution in [0.15, 0.2) is 24.3 Å². The summed E-state index contributed by atoms with van der Waals surface area (Å²) in [5.41, 5.74) is 1.02. The Morgan fingerprint density at radius 1 is 1.04 bits per heavy atom. The Labute approximate surface area is 163 Å². The molecule has 1 aromatic rings. The summed E-state index contributed by atoms with van der Waals surface area (Å²) >= 11 is 0. The van der Waals surface area contributed by atoms with E-state index in [-0.39, 0.29) is 11.6 Å². The fourth-order valence-electron chi connectivity index (χ4n) is 5.95. The summed E-state index contributed by atoms with van der Waals surface area (Å²) in [5.74, 6) is 3.89. The fourth-order valence-corrected chi connectivity index (χ4v) is 5.95.